The molecule has 1 atom stereocenters. The second-order valence-electron chi connectivity index (χ2n) is 5.84. The quantitative estimate of drug-likeness (QED) is 0.733. The molecule has 25 heavy (non-hydrogen) atoms. The number of rotatable bonds is 5. The van der Waals surface area contributed by atoms with Crippen LogP contribution in [0.1, 0.15) is 31.9 Å². The fourth-order valence-electron chi connectivity index (χ4n) is 2.96. The highest BCUT2D eigenvalue weighted by molar-refractivity contribution is 7.17. The average Bonchev–Trinajstić information content (AvgIpc) is 3.02. The first-order valence-electron chi connectivity index (χ1n) is 8.12. The van der Waals surface area contributed by atoms with Gasteiger partial charge in [-0.1, -0.05) is 38.1 Å². The molecule has 0 saturated heterocycles. The number of nitrogens with one attached hydrogen (secondary N) is 1. The van der Waals surface area contributed by atoms with E-state index in [1.54, 1.807) is 6.92 Å². The molecule has 1 amide bonds. The lowest BCUT2D eigenvalue weighted by atomic mass is 10.0. The molecular formula is C18H19N3O3S. The molecule has 3 aromatic rings. The van der Waals surface area contributed by atoms with Crippen molar-refractivity contribution < 1.29 is 4.79 Å². The number of carbonyl (C=O) groups is 1. The van der Waals surface area contributed by atoms with Crippen LogP contribution in [0.2, 0.25) is 0 Å². The van der Waals surface area contributed by atoms with Gasteiger partial charge in [-0.15, -0.1) is 11.3 Å². The van der Waals surface area contributed by atoms with Crippen LogP contribution in [0.4, 0.5) is 0 Å². The van der Waals surface area contributed by atoms with Crippen molar-refractivity contribution in [3.8, 4) is 11.1 Å². The summed E-state index contributed by atoms with van der Waals surface area (Å²) in [6.45, 7) is 3.79. The summed E-state index contributed by atoms with van der Waals surface area (Å²) in [6, 6.07) is 6.99. The first-order valence-corrected chi connectivity index (χ1v) is 9.00. The molecule has 3 rings (SSSR count). The Labute approximate surface area is 147 Å². The Hall–Kier alpha value is -2.67. The predicted molar refractivity (Wildman–Crippen MR) is 100 cm³/mol. The van der Waals surface area contributed by atoms with Crippen LogP contribution in [-0.4, -0.2) is 15.5 Å². The summed E-state index contributed by atoms with van der Waals surface area (Å²) in [4.78, 5) is 40.1. The Morgan fingerprint density at radius 1 is 1.24 bits per heavy atom. The second kappa shape index (κ2) is 6.68. The van der Waals surface area contributed by atoms with Gasteiger partial charge in [-0.05, 0) is 24.0 Å². The van der Waals surface area contributed by atoms with Crippen LogP contribution >= 0.6 is 11.3 Å². The number of aryl methyl sites for hydroxylation is 1. The minimum atomic E-state index is -0.962. The van der Waals surface area contributed by atoms with Crippen molar-refractivity contribution in [3.63, 3.8) is 0 Å². The standard InChI is InChI=1S/C18H19N3O3S/c1-3-10-5-7-11(8-6-10)12-9-25-16-14(12)17(23)21(18(24)20-16)13(4-2)15(19)22/h5-9,13H,3-4H2,1-2H3,(H2,19,22)(H,20,24). The van der Waals surface area contributed by atoms with E-state index in [0.717, 1.165) is 22.1 Å². The number of benzene rings is 1. The zero-order valence-electron chi connectivity index (χ0n) is 14.0. The maximum Gasteiger partial charge on any atom is 0.330 e. The van der Waals surface area contributed by atoms with Gasteiger partial charge in [-0.3, -0.25) is 14.6 Å². The summed E-state index contributed by atoms with van der Waals surface area (Å²) < 4.78 is 0.932. The number of fused-ring (bicyclic) bond motifs is 1. The molecule has 2 heterocycles. The largest absolute Gasteiger partial charge is 0.368 e. The molecule has 3 N–H and O–H groups in total. The minimum absolute atomic E-state index is 0.272. The van der Waals surface area contributed by atoms with Gasteiger partial charge in [0.15, 0.2) is 0 Å². The van der Waals surface area contributed by atoms with Gasteiger partial charge < -0.3 is 5.73 Å². The number of aromatic nitrogens is 2. The third-order valence-electron chi connectivity index (χ3n) is 4.36. The number of H-pyrrole nitrogens is 1. The van der Waals surface area contributed by atoms with Gasteiger partial charge in [0.25, 0.3) is 5.56 Å². The number of hydrogen-bond acceptors (Lipinski definition) is 4. The van der Waals surface area contributed by atoms with Crippen LogP contribution in [0.3, 0.4) is 0 Å². The third-order valence-corrected chi connectivity index (χ3v) is 5.26. The molecule has 0 aliphatic heterocycles. The van der Waals surface area contributed by atoms with Gasteiger partial charge in [-0.2, -0.15) is 0 Å². The van der Waals surface area contributed by atoms with E-state index >= 15 is 0 Å². The number of primary amides is 1. The summed E-state index contributed by atoms with van der Waals surface area (Å²) in [5.74, 6) is -0.696. The topological polar surface area (TPSA) is 97.9 Å². The van der Waals surface area contributed by atoms with Crippen molar-refractivity contribution >= 4 is 27.5 Å². The summed E-state index contributed by atoms with van der Waals surface area (Å²) in [5, 5.41) is 2.26. The minimum Gasteiger partial charge on any atom is -0.368 e. The van der Waals surface area contributed by atoms with E-state index in [0.29, 0.717) is 10.2 Å². The fraction of sp³-hybridized carbons (Fsp3) is 0.278. The van der Waals surface area contributed by atoms with E-state index in [1.165, 1.54) is 16.9 Å². The Morgan fingerprint density at radius 2 is 1.92 bits per heavy atom. The molecule has 0 aliphatic carbocycles. The van der Waals surface area contributed by atoms with E-state index < -0.39 is 23.2 Å². The lowest BCUT2D eigenvalue weighted by Gasteiger charge is -2.13. The lowest BCUT2D eigenvalue weighted by Crippen LogP contribution is -2.42. The Bertz CT molecular complexity index is 1040. The van der Waals surface area contributed by atoms with Crippen LogP contribution in [-0.2, 0) is 11.2 Å². The Balaban J connectivity index is 2.28. The first kappa shape index (κ1) is 17.2. The summed E-state index contributed by atoms with van der Waals surface area (Å²) >= 11 is 1.30. The number of amides is 1. The Morgan fingerprint density at radius 3 is 2.48 bits per heavy atom. The highest BCUT2D eigenvalue weighted by Gasteiger charge is 2.23. The van der Waals surface area contributed by atoms with Gasteiger partial charge in [0.05, 0.1) is 5.39 Å². The van der Waals surface area contributed by atoms with Crippen molar-refractivity contribution in [1.82, 2.24) is 9.55 Å². The second-order valence-corrected chi connectivity index (χ2v) is 6.72. The summed E-state index contributed by atoms with van der Waals surface area (Å²) in [6.07, 6.45) is 1.20. The number of nitrogens with zero attached hydrogens (tertiary/aromatic N) is 1. The van der Waals surface area contributed by atoms with Crippen LogP contribution in [0, 0.1) is 0 Å². The predicted octanol–water partition coefficient (Wildman–Crippen LogP) is 2.42. The normalized spacial score (nSPS) is 12.4. The highest BCUT2D eigenvalue weighted by Crippen LogP contribution is 2.30. The molecule has 0 spiro atoms. The molecule has 0 saturated carbocycles. The van der Waals surface area contributed by atoms with Crippen molar-refractivity contribution in [2.45, 2.75) is 32.7 Å². The molecule has 0 bridgehead atoms. The van der Waals surface area contributed by atoms with Crippen molar-refractivity contribution in [2.75, 3.05) is 0 Å². The van der Waals surface area contributed by atoms with Gasteiger partial charge in [0.1, 0.15) is 10.9 Å². The molecule has 1 unspecified atom stereocenters. The van der Waals surface area contributed by atoms with Gasteiger partial charge in [0.2, 0.25) is 5.91 Å². The summed E-state index contributed by atoms with van der Waals surface area (Å²) in [5.41, 5.74) is 7.11. The molecule has 130 valence electrons. The monoisotopic (exact) mass is 357 g/mol. The van der Waals surface area contributed by atoms with Crippen molar-refractivity contribution in [3.05, 3.63) is 56.0 Å². The van der Waals surface area contributed by atoms with Crippen LogP contribution in [0.15, 0.2) is 39.2 Å². The molecule has 6 nitrogen and oxygen atoms in total. The molecule has 1 aromatic carbocycles. The van der Waals surface area contributed by atoms with Gasteiger partial charge >= 0.3 is 5.69 Å². The first-order chi connectivity index (χ1) is 12.0. The molecule has 2 aromatic heterocycles. The molecule has 0 fully saturated rings. The third kappa shape index (κ3) is 2.91. The van der Waals surface area contributed by atoms with Gasteiger partial charge in [0, 0.05) is 10.9 Å². The zero-order chi connectivity index (χ0) is 18.1. The maximum absolute atomic E-state index is 13.0. The Kier molecular flexibility index (Phi) is 4.59. The number of nitrogens with two attached hydrogens (primary N) is 1. The van der Waals surface area contributed by atoms with Gasteiger partial charge in [-0.25, -0.2) is 9.36 Å². The van der Waals surface area contributed by atoms with E-state index in [1.807, 2.05) is 29.6 Å². The summed E-state index contributed by atoms with van der Waals surface area (Å²) in [7, 11) is 0. The van der Waals surface area contributed by atoms with Crippen LogP contribution in [0.25, 0.3) is 21.3 Å². The van der Waals surface area contributed by atoms with E-state index in [-0.39, 0.29) is 6.42 Å². The van der Waals surface area contributed by atoms with E-state index in [2.05, 4.69) is 11.9 Å². The average molecular weight is 357 g/mol. The lowest BCUT2D eigenvalue weighted by molar-refractivity contribution is -0.121. The van der Waals surface area contributed by atoms with Crippen LogP contribution in [0.5, 0.6) is 0 Å². The van der Waals surface area contributed by atoms with Crippen molar-refractivity contribution in [1.29, 1.82) is 0 Å². The molecule has 0 aliphatic rings. The van der Waals surface area contributed by atoms with Crippen molar-refractivity contribution in [2.24, 2.45) is 5.73 Å². The van der Waals surface area contributed by atoms with E-state index in [4.69, 9.17) is 5.73 Å². The van der Waals surface area contributed by atoms with E-state index in [9.17, 15) is 14.4 Å². The zero-order valence-corrected chi connectivity index (χ0v) is 14.9. The maximum atomic E-state index is 13.0. The van der Waals surface area contributed by atoms with Crippen LogP contribution < -0.4 is 17.0 Å². The highest BCUT2D eigenvalue weighted by atomic mass is 32.1. The molecule has 7 heteroatoms. The fourth-order valence-corrected chi connectivity index (χ4v) is 3.91. The number of hydrogen-bond donors (Lipinski definition) is 2. The molecule has 0 radical (unpaired) electrons. The number of thiophene rings is 1. The number of aromatic amines is 1. The smallest absolute Gasteiger partial charge is 0.330 e. The SMILES string of the molecule is CCc1ccc(-c2csc3[nH]c(=O)n(C(CC)C(N)=O)c(=O)c23)cc1. The molecular weight excluding hydrogens is 338 g/mol. The number of carbonyl (C=O) groups excluding carboxylic acids is 1.